The number of methoxy groups -OCH3 is 2. The second-order valence-corrected chi connectivity index (χ2v) is 5.35. The molecular weight excluding hydrogens is 312 g/mol. The van der Waals surface area contributed by atoms with Gasteiger partial charge in [0.1, 0.15) is 0 Å². The molecule has 7 nitrogen and oxygen atoms in total. The number of esters is 2. The Balaban J connectivity index is 2.64. The van der Waals surface area contributed by atoms with Crippen molar-refractivity contribution in [3.63, 3.8) is 0 Å². The Kier molecular flexibility index (Phi) is 5.25. The average molecular weight is 332 g/mol. The van der Waals surface area contributed by atoms with E-state index in [2.05, 4.69) is 5.32 Å². The molecule has 7 heteroatoms. The quantitative estimate of drug-likeness (QED) is 0.573. The molecule has 0 aromatic heterocycles. The number of nitrogens with one attached hydrogen (secondary N) is 2. The van der Waals surface area contributed by atoms with Gasteiger partial charge in [0.2, 0.25) is 0 Å². The number of carbonyl (C=O) groups is 2. The Morgan fingerprint density at radius 1 is 1.00 bits per heavy atom. The molecule has 0 radical (unpaired) electrons. The molecule has 3 N–H and O–H groups in total. The van der Waals surface area contributed by atoms with E-state index in [0.29, 0.717) is 33.8 Å². The molecule has 0 spiro atoms. The van der Waals surface area contributed by atoms with Crippen molar-refractivity contribution in [2.45, 2.75) is 19.8 Å². The summed E-state index contributed by atoms with van der Waals surface area (Å²) >= 11 is 0. The first-order chi connectivity index (χ1) is 11.4. The van der Waals surface area contributed by atoms with E-state index in [4.69, 9.17) is 14.7 Å². The molecule has 0 atom stereocenters. The SMILES string of the molecule is COC(=O)C1=C(C)NC(C)=C(C(=O)OC)C1c1ccc(NO)cc1. The van der Waals surface area contributed by atoms with E-state index >= 15 is 0 Å². The lowest BCUT2D eigenvalue weighted by atomic mass is 9.80. The molecule has 0 fully saturated rings. The van der Waals surface area contributed by atoms with Gasteiger partial charge in [-0.05, 0) is 31.5 Å². The van der Waals surface area contributed by atoms with Gasteiger partial charge in [0.25, 0.3) is 0 Å². The number of rotatable bonds is 4. The molecule has 0 aliphatic carbocycles. The van der Waals surface area contributed by atoms with E-state index in [9.17, 15) is 9.59 Å². The number of carbonyl (C=O) groups excluding carboxylic acids is 2. The molecule has 2 rings (SSSR count). The molecule has 1 aliphatic heterocycles. The van der Waals surface area contributed by atoms with Crippen LogP contribution in [0.4, 0.5) is 5.69 Å². The zero-order valence-electron chi connectivity index (χ0n) is 14.0. The van der Waals surface area contributed by atoms with Crippen molar-refractivity contribution >= 4 is 17.6 Å². The van der Waals surface area contributed by atoms with Gasteiger partial charge in [-0.2, -0.15) is 0 Å². The van der Waals surface area contributed by atoms with Crippen LogP contribution in [0.5, 0.6) is 0 Å². The maximum atomic E-state index is 12.3. The van der Waals surface area contributed by atoms with Gasteiger partial charge in [0.15, 0.2) is 0 Å². The first kappa shape index (κ1) is 17.6. The van der Waals surface area contributed by atoms with Gasteiger partial charge >= 0.3 is 11.9 Å². The molecule has 1 aromatic carbocycles. The van der Waals surface area contributed by atoms with Gasteiger partial charge in [-0.15, -0.1) is 0 Å². The van der Waals surface area contributed by atoms with Crippen LogP contribution >= 0.6 is 0 Å². The van der Waals surface area contributed by atoms with Crippen LogP contribution in [0.25, 0.3) is 0 Å². The van der Waals surface area contributed by atoms with Crippen molar-refractivity contribution < 1.29 is 24.3 Å². The highest BCUT2D eigenvalue weighted by Crippen LogP contribution is 2.39. The highest BCUT2D eigenvalue weighted by molar-refractivity contribution is 5.99. The average Bonchev–Trinajstić information content (AvgIpc) is 2.60. The molecule has 0 bridgehead atoms. The van der Waals surface area contributed by atoms with Crippen LogP contribution in [0, 0.1) is 0 Å². The monoisotopic (exact) mass is 332 g/mol. The van der Waals surface area contributed by atoms with Crippen LogP contribution in [0.2, 0.25) is 0 Å². The molecule has 0 saturated heterocycles. The first-order valence-corrected chi connectivity index (χ1v) is 7.29. The van der Waals surface area contributed by atoms with E-state index in [1.54, 1.807) is 38.1 Å². The number of allylic oxidation sites excluding steroid dienone is 2. The number of benzene rings is 1. The fourth-order valence-corrected chi connectivity index (χ4v) is 2.84. The van der Waals surface area contributed by atoms with Gasteiger partial charge in [-0.1, -0.05) is 12.1 Å². The predicted octanol–water partition coefficient (Wildman–Crippen LogP) is 2.07. The first-order valence-electron chi connectivity index (χ1n) is 7.29. The lowest BCUT2D eigenvalue weighted by Crippen LogP contribution is -2.32. The van der Waals surface area contributed by atoms with E-state index in [1.807, 2.05) is 5.48 Å². The molecule has 0 saturated carbocycles. The minimum atomic E-state index is -0.626. The van der Waals surface area contributed by atoms with E-state index in [1.165, 1.54) is 14.2 Å². The van der Waals surface area contributed by atoms with E-state index < -0.39 is 17.9 Å². The van der Waals surface area contributed by atoms with E-state index in [0.717, 1.165) is 0 Å². The summed E-state index contributed by atoms with van der Waals surface area (Å²) in [5.74, 6) is -1.68. The molecule has 1 heterocycles. The fraction of sp³-hybridized carbons (Fsp3) is 0.294. The predicted molar refractivity (Wildman–Crippen MR) is 87.2 cm³/mol. The molecule has 0 unspecified atom stereocenters. The third-order valence-electron chi connectivity index (χ3n) is 3.94. The number of hydrogen-bond acceptors (Lipinski definition) is 7. The smallest absolute Gasteiger partial charge is 0.336 e. The summed E-state index contributed by atoms with van der Waals surface area (Å²) in [5.41, 5.74) is 5.15. The Morgan fingerprint density at radius 3 is 1.83 bits per heavy atom. The van der Waals surface area contributed by atoms with Gasteiger partial charge in [-0.3, -0.25) is 10.7 Å². The summed E-state index contributed by atoms with van der Waals surface area (Å²) < 4.78 is 9.78. The fourth-order valence-electron chi connectivity index (χ4n) is 2.84. The largest absolute Gasteiger partial charge is 0.466 e. The van der Waals surface area contributed by atoms with Gasteiger partial charge in [0, 0.05) is 11.4 Å². The van der Waals surface area contributed by atoms with Crippen molar-refractivity contribution in [3.05, 3.63) is 52.4 Å². The molecule has 24 heavy (non-hydrogen) atoms. The maximum absolute atomic E-state index is 12.3. The summed E-state index contributed by atoms with van der Waals surface area (Å²) in [6.45, 7) is 3.50. The molecule has 1 aliphatic rings. The van der Waals surface area contributed by atoms with Crippen molar-refractivity contribution in [2.75, 3.05) is 19.7 Å². The Bertz CT molecular complexity index is 681. The Labute approximate surface area is 139 Å². The van der Waals surface area contributed by atoms with Crippen LogP contribution in [0.3, 0.4) is 0 Å². The normalized spacial score (nSPS) is 15.0. The number of dihydropyridines is 1. The van der Waals surface area contributed by atoms with Crippen molar-refractivity contribution in [1.82, 2.24) is 5.32 Å². The lowest BCUT2D eigenvalue weighted by Gasteiger charge is -2.30. The molecular formula is C17H20N2O5. The highest BCUT2D eigenvalue weighted by Gasteiger charge is 2.37. The summed E-state index contributed by atoms with van der Waals surface area (Å²) in [7, 11) is 2.59. The standard InChI is InChI=1S/C17H20N2O5/c1-9-13(16(20)23-3)15(11-5-7-12(19-22)8-6-11)14(10(2)18-9)17(21)24-4/h5-8,15,18-19,22H,1-4H3. The maximum Gasteiger partial charge on any atom is 0.336 e. The summed E-state index contributed by atoms with van der Waals surface area (Å²) in [5, 5.41) is 12.0. The highest BCUT2D eigenvalue weighted by atomic mass is 16.5. The van der Waals surface area contributed by atoms with Crippen molar-refractivity contribution in [1.29, 1.82) is 0 Å². The molecule has 128 valence electrons. The zero-order valence-corrected chi connectivity index (χ0v) is 14.0. The van der Waals surface area contributed by atoms with Gasteiger partial charge in [-0.25, -0.2) is 9.59 Å². The molecule has 1 aromatic rings. The van der Waals surface area contributed by atoms with Crippen LogP contribution in [-0.4, -0.2) is 31.4 Å². The minimum Gasteiger partial charge on any atom is -0.466 e. The second-order valence-electron chi connectivity index (χ2n) is 5.35. The topological polar surface area (TPSA) is 96.9 Å². The zero-order chi connectivity index (χ0) is 17.9. The minimum absolute atomic E-state index is 0.341. The lowest BCUT2D eigenvalue weighted by molar-refractivity contribution is -0.137. The number of hydrogen-bond donors (Lipinski definition) is 3. The van der Waals surface area contributed by atoms with Crippen molar-refractivity contribution in [3.8, 4) is 0 Å². The van der Waals surface area contributed by atoms with Crippen LogP contribution < -0.4 is 10.8 Å². The Hall–Kier alpha value is -2.80. The number of anilines is 1. The Morgan fingerprint density at radius 2 is 1.46 bits per heavy atom. The van der Waals surface area contributed by atoms with Crippen molar-refractivity contribution in [2.24, 2.45) is 0 Å². The van der Waals surface area contributed by atoms with Crippen LogP contribution in [-0.2, 0) is 19.1 Å². The van der Waals surface area contributed by atoms with Gasteiger partial charge in [0.05, 0.1) is 37.0 Å². The molecule has 0 amide bonds. The number of ether oxygens (including phenoxy) is 2. The second kappa shape index (κ2) is 7.18. The van der Waals surface area contributed by atoms with Gasteiger partial charge < -0.3 is 14.8 Å². The third-order valence-corrected chi connectivity index (χ3v) is 3.94. The van der Waals surface area contributed by atoms with Crippen LogP contribution in [0.1, 0.15) is 25.3 Å². The summed E-state index contributed by atoms with van der Waals surface area (Å²) in [6, 6.07) is 6.74. The summed E-state index contributed by atoms with van der Waals surface area (Å²) in [6.07, 6.45) is 0. The summed E-state index contributed by atoms with van der Waals surface area (Å²) in [4.78, 5) is 24.6. The third kappa shape index (κ3) is 3.11. The van der Waals surface area contributed by atoms with Crippen LogP contribution in [0.15, 0.2) is 46.8 Å². The van der Waals surface area contributed by atoms with E-state index in [-0.39, 0.29) is 0 Å².